The van der Waals surface area contributed by atoms with E-state index in [0.29, 0.717) is 31.9 Å². The number of hydrogen-bond acceptors (Lipinski definition) is 4. The number of nitrogens with zero attached hydrogens (tertiary/aromatic N) is 1. The van der Waals surface area contributed by atoms with Crippen molar-refractivity contribution in [3.8, 4) is 0 Å². The predicted molar refractivity (Wildman–Crippen MR) is 85.7 cm³/mol. The molecule has 0 bridgehead atoms. The molecule has 1 aliphatic carbocycles. The first kappa shape index (κ1) is 16.4. The third-order valence-electron chi connectivity index (χ3n) is 4.37. The van der Waals surface area contributed by atoms with Crippen LogP contribution in [0.1, 0.15) is 36.0 Å². The summed E-state index contributed by atoms with van der Waals surface area (Å²) in [5.41, 5.74) is 0.404. The maximum absolute atomic E-state index is 12.5. The van der Waals surface area contributed by atoms with E-state index in [1.807, 2.05) is 0 Å². The molecular weight excluding hydrogens is 316 g/mol. The molecule has 1 aromatic rings. The van der Waals surface area contributed by atoms with Gasteiger partial charge < -0.3 is 9.64 Å². The molecule has 6 nitrogen and oxygen atoms in total. The van der Waals surface area contributed by atoms with E-state index < -0.39 is 10.0 Å². The minimum Gasteiger partial charge on any atom is -0.378 e. The van der Waals surface area contributed by atoms with Gasteiger partial charge in [-0.3, -0.25) is 4.79 Å². The number of carbonyl (C=O) groups is 1. The van der Waals surface area contributed by atoms with E-state index in [-0.39, 0.29) is 16.8 Å². The minimum absolute atomic E-state index is 0.0126. The third kappa shape index (κ3) is 3.91. The highest BCUT2D eigenvalue weighted by Crippen LogP contribution is 2.21. The van der Waals surface area contributed by atoms with Crippen LogP contribution in [0.2, 0.25) is 0 Å². The van der Waals surface area contributed by atoms with Crippen molar-refractivity contribution >= 4 is 15.9 Å². The molecule has 1 N–H and O–H groups in total. The molecule has 0 atom stereocenters. The molecule has 7 heteroatoms. The van der Waals surface area contributed by atoms with Gasteiger partial charge in [0.25, 0.3) is 5.91 Å². The van der Waals surface area contributed by atoms with E-state index in [2.05, 4.69) is 4.72 Å². The summed E-state index contributed by atoms with van der Waals surface area (Å²) in [7, 11) is -3.58. The lowest BCUT2D eigenvalue weighted by Crippen LogP contribution is -2.40. The van der Waals surface area contributed by atoms with Crippen LogP contribution < -0.4 is 4.72 Å². The molecule has 1 saturated carbocycles. The third-order valence-corrected chi connectivity index (χ3v) is 5.88. The van der Waals surface area contributed by atoms with Crippen molar-refractivity contribution in [3.05, 3.63) is 29.8 Å². The fraction of sp³-hybridized carbons (Fsp3) is 0.562. The van der Waals surface area contributed by atoms with E-state index >= 15 is 0 Å². The van der Waals surface area contributed by atoms with E-state index in [1.54, 1.807) is 17.0 Å². The number of hydrogen-bond donors (Lipinski definition) is 1. The molecule has 1 aliphatic heterocycles. The van der Waals surface area contributed by atoms with Crippen LogP contribution in [0.15, 0.2) is 29.2 Å². The van der Waals surface area contributed by atoms with Crippen molar-refractivity contribution in [2.45, 2.75) is 36.6 Å². The van der Waals surface area contributed by atoms with E-state index in [4.69, 9.17) is 4.74 Å². The Morgan fingerprint density at radius 1 is 1.17 bits per heavy atom. The lowest BCUT2D eigenvalue weighted by molar-refractivity contribution is 0.0302. The van der Waals surface area contributed by atoms with Crippen molar-refractivity contribution in [2.75, 3.05) is 26.3 Å². The van der Waals surface area contributed by atoms with Crippen LogP contribution in [0.3, 0.4) is 0 Å². The van der Waals surface area contributed by atoms with Crippen LogP contribution in [0.5, 0.6) is 0 Å². The zero-order valence-corrected chi connectivity index (χ0v) is 13.8. The summed E-state index contributed by atoms with van der Waals surface area (Å²) in [6.45, 7) is 2.12. The number of morpholine rings is 1. The number of carbonyl (C=O) groups excluding carboxylic acids is 1. The van der Waals surface area contributed by atoms with Gasteiger partial charge in [-0.1, -0.05) is 18.9 Å². The van der Waals surface area contributed by atoms with Crippen LogP contribution >= 0.6 is 0 Å². The molecule has 1 aromatic carbocycles. The molecule has 0 spiro atoms. The van der Waals surface area contributed by atoms with Gasteiger partial charge in [-0.05, 0) is 31.0 Å². The summed E-state index contributed by atoms with van der Waals surface area (Å²) >= 11 is 0. The number of ether oxygens (including phenoxy) is 1. The molecule has 0 radical (unpaired) electrons. The zero-order valence-electron chi connectivity index (χ0n) is 13.0. The first-order valence-corrected chi connectivity index (χ1v) is 9.54. The molecule has 2 fully saturated rings. The molecule has 1 saturated heterocycles. The highest BCUT2D eigenvalue weighted by molar-refractivity contribution is 7.89. The normalized spacial score (nSPS) is 19.9. The zero-order chi connectivity index (χ0) is 16.3. The maximum atomic E-state index is 12.5. The SMILES string of the molecule is O=C(c1cccc(S(=O)(=O)NC2CCCC2)c1)N1CCOCC1. The van der Waals surface area contributed by atoms with Gasteiger partial charge in [0.05, 0.1) is 18.1 Å². The Balaban J connectivity index is 1.77. The smallest absolute Gasteiger partial charge is 0.254 e. The Labute approximate surface area is 136 Å². The van der Waals surface area contributed by atoms with Gasteiger partial charge in [0.1, 0.15) is 0 Å². The molecule has 3 rings (SSSR count). The summed E-state index contributed by atoms with van der Waals surface area (Å²) < 4.78 is 32.9. The van der Waals surface area contributed by atoms with Crippen molar-refractivity contribution in [1.82, 2.24) is 9.62 Å². The Morgan fingerprint density at radius 3 is 2.57 bits per heavy atom. The van der Waals surface area contributed by atoms with Crippen LogP contribution in [0.4, 0.5) is 0 Å². The van der Waals surface area contributed by atoms with Gasteiger partial charge in [0.15, 0.2) is 0 Å². The average Bonchev–Trinajstić information content (AvgIpc) is 3.07. The number of benzene rings is 1. The molecule has 1 heterocycles. The molecule has 0 unspecified atom stereocenters. The quantitative estimate of drug-likeness (QED) is 0.900. The van der Waals surface area contributed by atoms with Crippen molar-refractivity contribution < 1.29 is 17.9 Å². The number of amides is 1. The van der Waals surface area contributed by atoms with E-state index in [0.717, 1.165) is 25.7 Å². The second-order valence-corrected chi connectivity index (χ2v) is 7.75. The molecule has 0 aromatic heterocycles. The number of sulfonamides is 1. The second-order valence-electron chi connectivity index (χ2n) is 6.04. The summed E-state index contributed by atoms with van der Waals surface area (Å²) in [6.07, 6.45) is 3.88. The predicted octanol–water partition coefficient (Wildman–Crippen LogP) is 1.38. The Hall–Kier alpha value is -1.44. The molecule has 126 valence electrons. The molecule has 23 heavy (non-hydrogen) atoms. The van der Waals surface area contributed by atoms with Crippen LogP contribution in [-0.2, 0) is 14.8 Å². The van der Waals surface area contributed by atoms with Crippen molar-refractivity contribution in [1.29, 1.82) is 0 Å². The minimum atomic E-state index is -3.58. The highest BCUT2D eigenvalue weighted by atomic mass is 32.2. The fourth-order valence-electron chi connectivity index (χ4n) is 3.08. The Kier molecular flexibility index (Phi) is 4.99. The number of rotatable bonds is 4. The summed E-state index contributed by atoms with van der Waals surface area (Å²) in [6, 6.07) is 6.30. The second kappa shape index (κ2) is 6.98. The van der Waals surface area contributed by atoms with Crippen molar-refractivity contribution in [2.24, 2.45) is 0 Å². The molecule has 2 aliphatic rings. The van der Waals surface area contributed by atoms with Crippen LogP contribution in [0.25, 0.3) is 0 Å². The van der Waals surface area contributed by atoms with E-state index in [9.17, 15) is 13.2 Å². The lowest BCUT2D eigenvalue weighted by atomic mass is 10.2. The maximum Gasteiger partial charge on any atom is 0.254 e. The van der Waals surface area contributed by atoms with Gasteiger partial charge in [0, 0.05) is 24.7 Å². The van der Waals surface area contributed by atoms with Gasteiger partial charge in [0.2, 0.25) is 10.0 Å². The number of nitrogens with one attached hydrogen (secondary N) is 1. The standard InChI is InChI=1S/C16H22N2O4S/c19-16(18-8-10-22-11-9-18)13-4-3-7-15(12-13)23(20,21)17-14-5-1-2-6-14/h3-4,7,12,14,17H,1-2,5-6,8-11H2. The molecule has 1 amide bonds. The monoisotopic (exact) mass is 338 g/mol. The van der Waals surface area contributed by atoms with Gasteiger partial charge in [-0.2, -0.15) is 0 Å². The topological polar surface area (TPSA) is 75.7 Å². The Morgan fingerprint density at radius 2 is 1.87 bits per heavy atom. The average molecular weight is 338 g/mol. The van der Waals surface area contributed by atoms with Crippen LogP contribution in [-0.4, -0.2) is 51.6 Å². The summed E-state index contributed by atoms with van der Waals surface area (Å²) in [4.78, 5) is 14.3. The first-order valence-electron chi connectivity index (χ1n) is 8.06. The highest BCUT2D eigenvalue weighted by Gasteiger charge is 2.24. The fourth-order valence-corrected chi connectivity index (χ4v) is 4.43. The largest absolute Gasteiger partial charge is 0.378 e. The summed E-state index contributed by atoms with van der Waals surface area (Å²) in [5.74, 6) is -0.147. The van der Waals surface area contributed by atoms with E-state index in [1.165, 1.54) is 12.1 Å². The lowest BCUT2D eigenvalue weighted by Gasteiger charge is -2.27. The van der Waals surface area contributed by atoms with Gasteiger partial charge in [-0.25, -0.2) is 13.1 Å². The molecular formula is C16H22N2O4S. The first-order chi connectivity index (χ1) is 11.1. The Bertz CT molecular complexity index is 662. The van der Waals surface area contributed by atoms with Crippen LogP contribution in [0, 0.1) is 0 Å². The summed E-state index contributed by atoms with van der Waals surface area (Å²) in [5, 5.41) is 0. The van der Waals surface area contributed by atoms with Gasteiger partial charge in [-0.15, -0.1) is 0 Å². The van der Waals surface area contributed by atoms with Crippen molar-refractivity contribution in [3.63, 3.8) is 0 Å². The van der Waals surface area contributed by atoms with Gasteiger partial charge >= 0.3 is 0 Å².